The van der Waals surface area contributed by atoms with Crippen LogP contribution in [0.5, 0.6) is 0 Å². The van der Waals surface area contributed by atoms with Gasteiger partial charge in [-0.15, -0.1) is 12.4 Å². The average Bonchev–Trinajstić information content (AvgIpc) is 3.06. The van der Waals surface area contributed by atoms with Crippen LogP contribution in [0.15, 0.2) is 54.6 Å². The third-order valence-electron chi connectivity index (χ3n) is 4.02. The van der Waals surface area contributed by atoms with Crippen LogP contribution in [0.1, 0.15) is 23.0 Å². The number of fused-ring (bicyclic) bond motifs is 1. The molecule has 1 aromatic heterocycles. The number of ether oxygens (including phenoxy) is 1. The minimum absolute atomic E-state index is 0. The van der Waals surface area contributed by atoms with Crippen molar-refractivity contribution < 1.29 is 14.3 Å². The number of aromatic nitrogens is 1. The molecule has 2 aromatic carbocycles. The van der Waals surface area contributed by atoms with Crippen molar-refractivity contribution in [3.05, 3.63) is 65.9 Å². The van der Waals surface area contributed by atoms with Crippen LogP contribution in [-0.2, 0) is 16.0 Å². The number of rotatable bonds is 6. The Labute approximate surface area is 163 Å². The van der Waals surface area contributed by atoms with Crippen molar-refractivity contribution in [3.63, 3.8) is 0 Å². The van der Waals surface area contributed by atoms with Gasteiger partial charge >= 0.3 is 5.97 Å². The Morgan fingerprint density at radius 2 is 1.89 bits per heavy atom. The van der Waals surface area contributed by atoms with Crippen LogP contribution in [0.4, 0.5) is 5.69 Å². The summed E-state index contributed by atoms with van der Waals surface area (Å²) < 4.78 is 4.98. The molecule has 0 spiro atoms. The Morgan fingerprint density at radius 1 is 1.15 bits per heavy atom. The van der Waals surface area contributed by atoms with E-state index in [1.54, 1.807) is 31.2 Å². The second-order valence-corrected chi connectivity index (χ2v) is 5.99. The number of benzene rings is 2. The van der Waals surface area contributed by atoms with E-state index < -0.39 is 12.0 Å². The fourth-order valence-electron chi connectivity index (χ4n) is 2.72. The lowest BCUT2D eigenvalue weighted by atomic mass is 10.1. The minimum Gasteiger partial charge on any atom is -0.461 e. The lowest BCUT2D eigenvalue weighted by Crippen LogP contribution is -2.37. The number of nitrogens with one attached hydrogen (secondary N) is 2. The van der Waals surface area contributed by atoms with Crippen molar-refractivity contribution in [1.82, 2.24) is 4.98 Å². The molecule has 7 heteroatoms. The highest BCUT2D eigenvalue weighted by Crippen LogP contribution is 2.21. The number of halogens is 1. The molecule has 0 saturated carbocycles. The number of aromatic amines is 1. The SMILES string of the molecule is CCOC(=O)c1cc2cc(NC(=O)C(N)Cc3ccccc3)ccc2[nH]1.Cl. The number of carbonyl (C=O) groups excluding carboxylic acids is 2. The third kappa shape index (κ3) is 5.09. The molecule has 0 saturated heterocycles. The van der Waals surface area contributed by atoms with E-state index in [9.17, 15) is 9.59 Å². The van der Waals surface area contributed by atoms with Crippen LogP contribution in [0, 0.1) is 0 Å². The topological polar surface area (TPSA) is 97.2 Å². The zero-order chi connectivity index (χ0) is 18.5. The summed E-state index contributed by atoms with van der Waals surface area (Å²) in [4.78, 5) is 27.1. The van der Waals surface area contributed by atoms with Crippen LogP contribution < -0.4 is 11.1 Å². The van der Waals surface area contributed by atoms with Crippen molar-refractivity contribution in [2.45, 2.75) is 19.4 Å². The summed E-state index contributed by atoms with van der Waals surface area (Å²) in [5, 5.41) is 3.63. The van der Waals surface area contributed by atoms with Gasteiger partial charge in [0.1, 0.15) is 5.69 Å². The number of hydrogen-bond donors (Lipinski definition) is 3. The third-order valence-corrected chi connectivity index (χ3v) is 4.02. The fourth-order valence-corrected chi connectivity index (χ4v) is 2.72. The zero-order valence-electron chi connectivity index (χ0n) is 14.9. The first-order chi connectivity index (χ1) is 12.6. The molecule has 1 amide bonds. The van der Waals surface area contributed by atoms with Crippen molar-refractivity contribution >= 4 is 40.9 Å². The van der Waals surface area contributed by atoms with Gasteiger partial charge in [0.25, 0.3) is 0 Å². The predicted molar refractivity (Wildman–Crippen MR) is 108 cm³/mol. The molecule has 1 atom stereocenters. The maximum Gasteiger partial charge on any atom is 0.354 e. The average molecular weight is 388 g/mol. The predicted octanol–water partition coefficient (Wildman–Crippen LogP) is 3.27. The summed E-state index contributed by atoms with van der Waals surface area (Å²) in [6.45, 7) is 2.07. The van der Waals surface area contributed by atoms with Crippen LogP contribution in [-0.4, -0.2) is 29.5 Å². The van der Waals surface area contributed by atoms with Crippen molar-refractivity contribution in [3.8, 4) is 0 Å². The van der Waals surface area contributed by atoms with E-state index in [4.69, 9.17) is 10.5 Å². The summed E-state index contributed by atoms with van der Waals surface area (Å²) in [6.07, 6.45) is 0.464. The molecular weight excluding hydrogens is 366 g/mol. The van der Waals surface area contributed by atoms with Crippen LogP contribution in [0.2, 0.25) is 0 Å². The quantitative estimate of drug-likeness (QED) is 0.565. The molecule has 3 rings (SSSR count). The number of anilines is 1. The van der Waals surface area contributed by atoms with E-state index in [1.165, 1.54) is 0 Å². The van der Waals surface area contributed by atoms with E-state index in [1.807, 2.05) is 30.3 Å². The molecule has 0 aliphatic heterocycles. The number of amides is 1. The van der Waals surface area contributed by atoms with E-state index >= 15 is 0 Å². The summed E-state index contributed by atoms with van der Waals surface area (Å²) in [5.74, 6) is -0.659. The van der Waals surface area contributed by atoms with Crippen molar-refractivity contribution in [2.75, 3.05) is 11.9 Å². The van der Waals surface area contributed by atoms with Gasteiger partial charge < -0.3 is 20.8 Å². The van der Waals surface area contributed by atoms with Gasteiger partial charge in [0.2, 0.25) is 5.91 Å². The van der Waals surface area contributed by atoms with Crippen molar-refractivity contribution in [1.29, 1.82) is 0 Å². The first kappa shape index (κ1) is 20.5. The fraction of sp³-hybridized carbons (Fsp3) is 0.200. The Balaban J connectivity index is 0.00000261. The van der Waals surface area contributed by atoms with Gasteiger partial charge in [0, 0.05) is 16.6 Å². The van der Waals surface area contributed by atoms with Crippen LogP contribution in [0.3, 0.4) is 0 Å². The number of esters is 1. The highest BCUT2D eigenvalue weighted by atomic mass is 35.5. The second kappa shape index (κ2) is 9.21. The summed E-state index contributed by atoms with van der Waals surface area (Å²) >= 11 is 0. The lowest BCUT2D eigenvalue weighted by Gasteiger charge is -2.12. The molecule has 0 aliphatic carbocycles. The van der Waals surface area contributed by atoms with E-state index in [2.05, 4.69) is 10.3 Å². The molecule has 142 valence electrons. The molecule has 0 bridgehead atoms. The first-order valence-electron chi connectivity index (χ1n) is 8.47. The van der Waals surface area contributed by atoms with Gasteiger partial charge in [0.05, 0.1) is 12.6 Å². The van der Waals surface area contributed by atoms with Gasteiger partial charge in [-0.2, -0.15) is 0 Å². The second-order valence-electron chi connectivity index (χ2n) is 5.99. The maximum absolute atomic E-state index is 12.3. The molecule has 1 unspecified atom stereocenters. The minimum atomic E-state index is -0.644. The summed E-state index contributed by atoms with van der Waals surface area (Å²) in [6, 6.07) is 16.1. The molecule has 0 aliphatic rings. The summed E-state index contributed by atoms with van der Waals surface area (Å²) in [7, 11) is 0. The Morgan fingerprint density at radius 3 is 2.59 bits per heavy atom. The van der Waals surface area contributed by atoms with Gasteiger partial charge in [0.15, 0.2) is 0 Å². The van der Waals surface area contributed by atoms with Crippen molar-refractivity contribution in [2.24, 2.45) is 5.73 Å². The monoisotopic (exact) mass is 387 g/mol. The van der Waals surface area contributed by atoms with Crippen LogP contribution in [0.25, 0.3) is 10.9 Å². The van der Waals surface area contributed by atoms with Gasteiger partial charge in [-0.1, -0.05) is 30.3 Å². The molecule has 3 aromatic rings. The molecular formula is C20H22ClN3O3. The Kier molecular flexibility index (Phi) is 6.98. The van der Waals surface area contributed by atoms with E-state index in [0.29, 0.717) is 24.4 Å². The molecule has 0 radical (unpaired) electrons. The summed E-state index contributed by atoms with van der Waals surface area (Å²) in [5.41, 5.74) is 8.81. The molecule has 4 N–H and O–H groups in total. The highest BCUT2D eigenvalue weighted by molar-refractivity contribution is 5.99. The Hall–Kier alpha value is -2.83. The normalized spacial score (nSPS) is 11.5. The number of H-pyrrole nitrogens is 1. The maximum atomic E-state index is 12.3. The zero-order valence-corrected chi connectivity index (χ0v) is 15.7. The number of carbonyl (C=O) groups is 2. The van der Waals surface area contributed by atoms with E-state index in [0.717, 1.165) is 16.5 Å². The smallest absolute Gasteiger partial charge is 0.354 e. The van der Waals surface area contributed by atoms with Gasteiger partial charge in [-0.25, -0.2) is 4.79 Å². The standard InChI is InChI=1S/C20H21N3O3.ClH/c1-2-26-20(25)18-12-14-11-15(8-9-17(14)23-18)22-19(24)16(21)10-13-6-4-3-5-7-13;/h3-9,11-12,16,23H,2,10,21H2,1H3,(H,22,24);1H. The first-order valence-corrected chi connectivity index (χ1v) is 8.47. The molecule has 6 nitrogen and oxygen atoms in total. The number of nitrogens with two attached hydrogens (primary N) is 1. The molecule has 27 heavy (non-hydrogen) atoms. The lowest BCUT2D eigenvalue weighted by molar-refractivity contribution is -0.117. The van der Waals surface area contributed by atoms with Crippen LogP contribution >= 0.6 is 12.4 Å². The van der Waals surface area contributed by atoms with E-state index in [-0.39, 0.29) is 18.3 Å². The molecule has 0 fully saturated rings. The Bertz CT molecular complexity index is 925. The number of hydrogen-bond acceptors (Lipinski definition) is 4. The highest BCUT2D eigenvalue weighted by Gasteiger charge is 2.15. The largest absolute Gasteiger partial charge is 0.461 e. The van der Waals surface area contributed by atoms with Gasteiger partial charge in [-0.3, -0.25) is 4.79 Å². The molecule has 1 heterocycles. The van der Waals surface area contributed by atoms with Gasteiger partial charge in [-0.05, 0) is 43.2 Å².